The van der Waals surface area contributed by atoms with Crippen molar-refractivity contribution in [3.8, 4) is 11.8 Å². The molecule has 1 aromatic carbocycles. The second-order valence-corrected chi connectivity index (χ2v) is 4.72. The SMILES string of the molecule is CN(C)c1ncccc1NCc1cccc(OCC#N)c1. The standard InChI is InChI=1S/C16H18N4O/c1-20(2)16-15(7-4-9-18-16)19-12-13-5-3-6-14(11-13)21-10-8-17/h3-7,9,11,19H,10,12H2,1-2H3. The van der Waals surface area contributed by atoms with Crippen LogP contribution >= 0.6 is 0 Å². The van der Waals surface area contributed by atoms with Gasteiger partial charge in [-0.3, -0.25) is 0 Å². The summed E-state index contributed by atoms with van der Waals surface area (Å²) in [6.45, 7) is 0.723. The summed E-state index contributed by atoms with van der Waals surface area (Å²) in [5.41, 5.74) is 2.06. The summed E-state index contributed by atoms with van der Waals surface area (Å²) in [7, 11) is 3.92. The Morgan fingerprint density at radius 1 is 1.29 bits per heavy atom. The molecule has 0 bridgehead atoms. The molecule has 0 spiro atoms. The summed E-state index contributed by atoms with van der Waals surface area (Å²) >= 11 is 0. The second kappa shape index (κ2) is 7.15. The third kappa shape index (κ3) is 4.11. The third-order valence-electron chi connectivity index (χ3n) is 2.90. The molecule has 0 saturated heterocycles. The number of nitrogens with one attached hydrogen (secondary N) is 1. The minimum absolute atomic E-state index is 0.0598. The van der Waals surface area contributed by atoms with E-state index < -0.39 is 0 Å². The zero-order valence-corrected chi connectivity index (χ0v) is 12.2. The molecule has 0 atom stereocenters. The highest BCUT2D eigenvalue weighted by atomic mass is 16.5. The largest absolute Gasteiger partial charge is 0.479 e. The molecule has 1 aromatic heterocycles. The van der Waals surface area contributed by atoms with E-state index in [1.165, 1.54) is 0 Å². The van der Waals surface area contributed by atoms with E-state index in [0.717, 1.165) is 17.1 Å². The molecular weight excluding hydrogens is 264 g/mol. The number of ether oxygens (including phenoxy) is 1. The van der Waals surface area contributed by atoms with Crippen LogP contribution in [0.2, 0.25) is 0 Å². The van der Waals surface area contributed by atoms with Crippen LogP contribution in [0.4, 0.5) is 11.5 Å². The lowest BCUT2D eigenvalue weighted by atomic mass is 10.2. The van der Waals surface area contributed by atoms with Crippen molar-refractivity contribution >= 4 is 11.5 Å². The molecule has 5 nitrogen and oxygen atoms in total. The number of nitrogens with zero attached hydrogens (tertiary/aromatic N) is 3. The Kier molecular flexibility index (Phi) is 4.99. The van der Waals surface area contributed by atoms with Crippen molar-refractivity contribution in [3.05, 3.63) is 48.2 Å². The zero-order chi connectivity index (χ0) is 15.1. The highest BCUT2D eigenvalue weighted by Crippen LogP contribution is 2.21. The Morgan fingerprint density at radius 2 is 2.14 bits per heavy atom. The topological polar surface area (TPSA) is 61.2 Å². The fraction of sp³-hybridized carbons (Fsp3) is 0.250. The van der Waals surface area contributed by atoms with Crippen LogP contribution in [0.15, 0.2) is 42.6 Å². The van der Waals surface area contributed by atoms with Gasteiger partial charge in [-0.1, -0.05) is 12.1 Å². The van der Waals surface area contributed by atoms with Crippen LogP contribution < -0.4 is 15.0 Å². The van der Waals surface area contributed by atoms with Gasteiger partial charge < -0.3 is 15.0 Å². The minimum Gasteiger partial charge on any atom is -0.479 e. The molecule has 0 radical (unpaired) electrons. The van der Waals surface area contributed by atoms with E-state index in [-0.39, 0.29) is 6.61 Å². The molecule has 2 aromatic rings. The number of benzene rings is 1. The summed E-state index contributed by atoms with van der Waals surface area (Å²) in [6, 6.07) is 13.6. The lowest BCUT2D eigenvalue weighted by Gasteiger charge is -2.17. The molecule has 0 unspecified atom stereocenters. The van der Waals surface area contributed by atoms with Gasteiger partial charge in [-0.2, -0.15) is 5.26 Å². The van der Waals surface area contributed by atoms with Gasteiger partial charge >= 0.3 is 0 Å². The molecule has 2 rings (SSSR count). The number of pyridine rings is 1. The molecule has 0 amide bonds. The van der Waals surface area contributed by atoms with Crippen molar-refractivity contribution in [2.45, 2.75) is 6.54 Å². The highest BCUT2D eigenvalue weighted by Gasteiger charge is 2.05. The number of hydrogen-bond donors (Lipinski definition) is 1. The van der Waals surface area contributed by atoms with E-state index in [2.05, 4.69) is 10.3 Å². The predicted molar refractivity (Wildman–Crippen MR) is 83.4 cm³/mol. The number of anilines is 2. The Morgan fingerprint density at radius 3 is 2.90 bits per heavy atom. The molecule has 5 heteroatoms. The predicted octanol–water partition coefficient (Wildman–Crippen LogP) is 2.66. The van der Waals surface area contributed by atoms with E-state index in [1.807, 2.05) is 61.5 Å². The lowest BCUT2D eigenvalue weighted by molar-refractivity contribution is 0.368. The van der Waals surface area contributed by atoms with Crippen LogP contribution in [0.3, 0.4) is 0 Å². The van der Waals surface area contributed by atoms with Gasteiger partial charge in [-0.05, 0) is 29.8 Å². The molecule has 1 N–H and O–H groups in total. The molecule has 0 aliphatic rings. The first-order chi connectivity index (χ1) is 10.2. The maximum Gasteiger partial charge on any atom is 0.174 e. The quantitative estimate of drug-likeness (QED) is 0.882. The van der Waals surface area contributed by atoms with Crippen LogP contribution in [0, 0.1) is 11.3 Å². The van der Waals surface area contributed by atoms with Gasteiger partial charge in [-0.25, -0.2) is 4.98 Å². The maximum atomic E-state index is 8.53. The van der Waals surface area contributed by atoms with Crippen molar-refractivity contribution in [1.82, 2.24) is 4.98 Å². The van der Waals surface area contributed by atoms with Crippen LogP contribution in [0.5, 0.6) is 5.75 Å². The Labute approximate surface area is 124 Å². The van der Waals surface area contributed by atoms with E-state index in [0.29, 0.717) is 12.3 Å². The summed E-state index contributed by atoms with van der Waals surface area (Å²) in [6.07, 6.45) is 1.77. The van der Waals surface area contributed by atoms with Crippen molar-refractivity contribution in [3.63, 3.8) is 0 Å². The Balaban J connectivity index is 2.05. The van der Waals surface area contributed by atoms with Gasteiger partial charge in [0.15, 0.2) is 12.4 Å². The van der Waals surface area contributed by atoms with E-state index >= 15 is 0 Å². The van der Waals surface area contributed by atoms with Gasteiger partial charge in [0.1, 0.15) is 11.8 Å². The lowest BCUT2D eigenvalue weighted by Crippen LogP contribution is -2.13. The zero-order valence-electron chi connectivity index (χ0n) is 12.2. The van der Waals surface area contributed by atoms with Crippen LogP contribution in [-0.2, 0) is 6.54 Å². The third-order valence-corrected chi connectivity index (χ3v) is 2.90. The fourth-order valence-electron chi connectivity index (χ4n) is 1.95. The summed E-state index contributed by atoms with van der Waals surface area (Å²) in [5, 5.41) is 11.9. The van der Waals surface area contributed by atoms with Gasteiger partial charge in [0, 0.05) is 26.8 Å². The van der Waals surface area contributed by atoms with Crippen molar-refractivity contribution in [1.29, 1.82) is 5.26 Å². The van der Waals surface area contributed by atoms with Gasteiger partial charge in [0.05, 0.1) is 5.69 Å². The van der Waals surface area contributed by atoms with E-state index in [4.69, 9.17) is 10.00 Å². The average molecular weight is 282 g/mol. The van der Waals surface area contributed by atoms with E-state index in [9.17, 15) is 0 Å². The van der Waals surface area contributed by atoms with Crippen LogP contribution in [0.1, 0.15) is 5.56 Å². The molecular formula is C16H18N4O. The van der Waals surface area contributed by atoms with Crippen molar-refractivity contribution in [2.75, 3.05) is 30.9 Å². The fourth-order valence-corrected chi connectivity index (χ4v) is 1.95. The summed E-state index contributed by atoms with van der Waals surface area (Å²) < 4.78 is 5.30. The van der Waals surface area contributed by atoms with Gasteiger partial charge in [0.25, 0.3) is 0 Å². The Hall–Kier alpha value is -2.74. The van der Waals surface area contributed by atoms with Gasteiger partial charge in [0.2, 0.25) is 0 Å². The maximum absolute atomic E-state index is 8.53. The molecule has 0 saturated carbocycles. The normalized spacial score (nSPS) is 9.76. The molecule has 108 valence electrons. The number of aromatic nitrogens is 1. The number of hydrogen-bond acceptors (Lipinski definition) is 5. The monoisotopic (exact) mass is 282 g/mol. The molecule has 21 heavy (non-hydrogen) atoms. The first kappa shape index (κ1) is 14.7. The first-order valence-electron chi connectivity index (χ1n) is 6.65. The van der Waals surface area contributed by atoms with Gasteiger partial charge in [-0.15, -0.1) is 0 Å². The minimum atomic E-state index is 0.0598. The molecule has 0 aliphatic heterocycles. The van der Waals surface area contributed by atoms with E-state index in [1.54, 1.807) is 6.20 Å². The van der Waals surface area contributed by atoms with Crippen molar-refractivity contribution < 1.29 is 4.74 Å². The summed E-state index contributed by atoms with van der Waals surface area (Å²) in [4.78, 5) is 6.32. The van der Waals surface area contributed by atoms with Crippen LogP contribution in [0.25, 0.3) is 0 Å². The molecule has 1 heterocycles. The first-order valence-corrected chi connectivity index (χ1v) is 6.65. The number of rotatable bonds is 6. The van der Waals surface area contributed by atoms with Crippen molar-refractivity contribution in [2.24, 2.45) is 0 Å². The van der Waals surface area contributed by atoms with Crippen LogP contribution in [-0.4, -0.2) is 25.7 Å². The Bertz CT molecular complexity index is 634. The second-order valence-electron chi connectivity index (χ2n) is 4.72. The highest BCUT2D eigenvalue weighted by molar-refractivity contribution is 5.64. The summed E-state index contributed by atoms with van der Waals surface area (Å²) in [5.74, 6) is 1.60. The molecule has 0 fully saturated rings. The molecule has 0 aliphatic carbocycles. The number of nitriles is 1. The smallest absolute Gasteiger partial charge is 0.174 e. The average Bonchev–Trinajstić information content (AvgIpc) is 2.51.